The number of hydrogen-bond donors (Lipinski definition) is 2. The third-order valence-corrected chi connectivity index (χ3v) is 5.35. The van der Waals surface area contributed by atoms with Crippen LogP contribution in [0.25, 0.3) is 0 Å². The van der Waals surface area contributed by atoms with E-state index in [0.29, 0.717) is 11.9 Å². The number of carbonyl (C=O) groups excluding carboxylic acids is 1. The summed E-state index contributed by atoms with van der Waals surface area (Å²) in [5.74, 6) is 2.32. The van der Waals surface area contributed by atoms with Gasteiger partial charge in [0.1, 0.15) is 0 Å². The first kappa shape index (κ1) is 23.5. The number of amides is 1. The van der Waals surface area contributed by atoms with Crippen molar-refractivity contribution in [2.75, 3.05) is 26.2 Å². The first-order valence-electron chi connectivity index (χ1n) is 10.4. The number of likely N-dealkylation sites (tertiary alicyclic amines) is 1. The maximum Gasteiger partial charge on any atom is 0.225 e. The van der Waals surface area contributed by atoms with Crippen molar-refractivity contribution in [3.05, 3.63) is 0 Å². The summed E-state index contributed by atoms with van der Waals surface area (Å²) < 4.78 is 0. The summed E-state index contributed by atoms with van der Waals surface area (Å²) in [5, 5.41) is 6.88. The van der Waals surface area contributed by atoms with E-state index in [2.05, 4.69) is 36.3 Å². The lowest BCUT2D eigenvalue weighted by atomic mass is 9.88. The molecule has 1 saturated carbocycles. The molecule has 1 amide bonds. The molecule has 1 heterocycles. The van der Waals surface area contributed by atoms with Gasteiger partial charge >= 0.3 is 0 Å². The van der Waals surface area contributed by atoms with Gasteiger partial charge in [-0.25, -0.2) is 0 Å². The summed E-state index contributed by atoms with van der Waals surface area (Å²) in [4.78, 5) is 19.5. The second kappa shape index (κ2) is 12.8. The van der Waals surface area contributed by atoms with Gasteiger partial charge in [-0.2, -0.15) is 0 Å². The first-order chi connectivity index (χ1) is 12.1. The van der Waals surface area contributed by atoms with Gasteiger partial charge in [-0.15, -0.1) is 24.0 Å². The quantitative estimate of drug-likeness (QED) is 0.254. The fourth-order valence-electron chi connectivity index (χ4n) is 3.89. The molecule has 152 valence electrons. The van der Waals surface area contributed by atoms with Crippen LogP contribution < -0.4 is 10.6 Å². The molecular weight excluding hydrogens is 439 g/mol. The maximum absolute atomic E-state index is 12.7. The van der Waals surface area contributed by atoms with Crippen LogP contribution in [0.5, 0.6) is 0 Å². The van der Waals surface area contributed by atoms with E-state index in [1.165, 1.54) is 25.7 Å². The van der Waals surface area contributed by atoms with Crippen molar-refractivity contribution in [3.8, 4) is 0 Å². The van der Waals surface area contributed by atoms with E-state index in [9.17, 15) is 4.79 Å². The van der Waals surface area contributed by atoms with Crippen molar-refractivity contribution < 1.29 is 4.79 Å². The molecule has 1 aliphatic carbocycles. The van der Waals surface area contributed by atoms with Crippen LogP contribution in [-0.2, 0) is 4.79 Å². The predicted molar refractivity (Wildman–Crippen MR) is 120 cm³/mol. The van der Waals surface area contributed by atoms with E-state index in [4.69, 9.17) is 4.99 Å². The lowest BCUT2D eigenvalue weighted by Crippen LogP contribution is -2.45. The number of nitrogens with zero attached hydrogens (tertiary/aromatic N) is 2. The van der Waals surface area contributed by atoms with Crippen LogP contribution >= 0.6 is 24.0 Å². The van der Waals surface area contributed by atoms with Crippen LogP contribution in [-0.4, -0.2) is 49.0 Å². The minimum atomic E-state index is 0. The van der Waals surface area contributed by atoms with E-state index in [-0.39, 0.29) is 29.9 Å². The van der Waals surface area contributed by atoms with Crippen molar-refractivity contribution >= 4 is 35.8 Å². The lowest BCUT2D eigenvalue weighted by molar-refractivity contribution is -0.135. The third kappa shape index (κ3) is 8.01. The van der Waals surface area contributed by atoms with E-state index in [0.717, 1.165) is 63.7 Å². The molecule has 5 nitrogen and oxygen atoms in total. The Bertz CT molecular complexity index is 436. The third-order valence-electron chi connectivity index (χ3n) is 5.35. The molecule has 1 saturated heterocycles. The average molecular weight is 478 g/mol. The Morgan fingerprint density at radius 3 is 2.58 bits per heavy atom. The van der Waals surface area contributed by atoms with Crippen molar-refractivity contribution in [3.63, 3.8) is 0 Å². The summed E-state index contributed by atoms with van der Waals surface area (Å²) in [6.07, 6.45) is 9.29. The van der Waals surface area contributed by atoms with Crippen molar-refractivity contribution in [1.82, 2.24) is 15.5 Å². The van der Waals surface area contributed by atoms with Gasteiger partial charge in [0.2, 0.25) is 5.91 Å². The molecule has 2 rings (SSSR count). The van der Waals surface area contributed by atoms with Gasteiger partial charge in [0, 0.05) is 38.1 Å². The summed E-state index contributed by atoms with van der Waals surface area (Å²) >= 11 is 0. The summed E-state index contributed by atoms with van der Waals surface area (Å²) in [6.45, 7) is 10.1. The number of aliphatic imine (C=N–C) groups is 1. The van der Waals surface area contributed by atoms with Gasteiger partial charge in [-0.1, -0.05) is 33.1 Å². The zero-order valence-corrected chi connectivity index (χ0v) is 19.3. The van der Waals surface area contributed by atoms with Gasteiger partial charge in [0.05, 0.1) is 0 Å². The molecule has 0 aromatic carbocycles. The monoisotopic (exact) mass is 478 g/mol. The van der Waals surface area contributed by atoms with Gasteiger partial charge in [-0.05, 0) is 44.9 Å². The molecule has 26 heavy (non-hydrogen) atoms. The van der Waals surface area contributed by atoms with Crippen molar-refractivity contribution in [1.29, 1.82) is 0 Å². The Hall–Kier alpha value is -0.530. The molecule has 1 unspecified atom stereocenters. The highest BCUT2D eigenvalue weighted by atomic mass is 127. The Kier molecular flexibility index (Phi) is 11.6. The normalized spacial score (nSPS) is 21.6. The molecule has 0 bridgehead atoms. The smallest absolute Gasteiger partial charge is 0.225 e. The highest BCUT2D eigenvalue weighted by Gasteiger charge is 2.31. The number of halogens is 1. The van der Waals surface area contributed by atoms with Crippen molar-refractivity contribution in [2.24, 2.45) is 16.8 Å². The summed E-state index contributed by atoms with van der Waals surface area (Å²) in [7, 11) is 0. The summed E-state index contributed by atoms with van der Waals surface area (Å²) in [5.41, 5.74) is 0. The second-order valence-corrected chi connectivity index (χ2v) is 8.05. The second-order valence-electron chi connectivity index (χ2n) is 8.05. The molecule has 0 aromatic rings. The molecule has 1 atom stereocenters. The van der Waals surface area contributed by atoms with Crippen LogP contribution in [0.3, 0.4) is 0 Å². The molecule has 2 fully saturated rings. The molecular formula is C20H39IN4O. The lowest BCUT2D eigenvalue weighted by Gasteiger charge is -2.26. The topological polar surface area (TPSA) is 56.7 Å². The number of rotatable bonds is 7. The Morgan fingerprint density at radius 1 is 1.19 bits per heavy atom. The largest absolute Gasteiger partial charge is 0.357 e. The van der Waals surface area contributed by atoms with Crippen molar-refractivity contribution in [2.45, 2.75) is 78.2 Å². The Labute approximate surface area is 177 Å². The van der Waals surface area contributed by atoms with Crippen LogP contribution in [0, 0.1) is 11.8 Å². The zero-order chi connectivity index (χ0) is 18.1. The van der Waals surface area contributed by atoms with Crippen LogP contribution in [0.2, 0.25) is 0 Å². The predicted octanol–water partition coefficient (Wildman–Crippen LogP) is 3.78. The SMILES string of the molecule is CCNC(=NCCCC(C)C)NC1CCN(C(=O)C2CCCCC2)C1.I. The highest BCUT2D eigenvalue weighted by molar-refractivity contribution is 14.0. The van der Waals surface area contributed by atoms with Crippen LogP contribution in [0.15, 0.2) is 4.99 Å². The molecule has 1 aliphatic heterocycles. The minimum absolute atomic E-state index is 0. The molecule has 0 spiro atoms. The fraction of sp³-hybridized carbons (Fsp3) is 0.900. The molecule has 0 aromatic heterocycles. The van der Waals surface area contributed by atoms with E-state index >= 15 is 0 Å². The van der Waals surface area contributed by atoms with Gasteiger partial charge in [0.25, 0.3) is 0 Å². The zero-order valence-electron chi connectivity index (χ0n) is 16.9. The highest BCUT2D eigenvalue weighted by Crippen LogP contribution is 2.26. The van der Waals surface area contributed by atoms with Gasteiger partial charge < -0.3 is 15.5 Å². The van der Waals surface area contributed by atoms with E-state index in [1.54, 1.807) is 0 Å². The average Bonchev–Trinajstić information content (AvgIpc) is 3.07. The summed E-state index contributed by atoms with van der Waals surface area (Å²) in [6, 6.07) is 0.329. The standard InChI is InChI=1S/C20H38N4O.HI/c1-4-21-20(22-13-8-9-16(2)3)23-18-12-14-24(15-18)19(25)17-10-6-5-7-11-17;/h16-18H,4-15H2,1-3H3,(H2,21,22,23);1H. The first-order valence-corrected chi connectivity index (χ1v) is 10.4. The number of carbonyl (C=O) groups is 1. The molecule has 2 aliphatic rings. The maximum atomic E-state index is 12.7. The number of guanidine groups is 1. The van der Waals surface area contributed by atoms with E-state index < -0.39 is 0 Å². The number of hydrogen-bond acceptors (Lipinski definition) is 2. The Morgan fingerprint density at radius 2 is 1.92 bits per heavy atom. The Balaban J connectivity index is 0.00000338. The molecule has 0 radical (unpaired) electrons. The number of nitrogens with one attached hydrogen (secondary N) is 2. The van der Waals surface area contributed by atoms with Gasteiger partial charge in [0.15, 0.2) is 5.96 Å². The molecule has 2 N–H and O–H groups in total. The minimum Gasteiger partial charge on any atom is -0.357 e. The fourth-order valence-corrected chi connectivity index (χ4v) is 3.89. The van der Waals surface area contributed by atoms with Crippen LogP contribution in [0.1, 0.15) is 72.1 Å². The van der Waals surface area contributed by atoms with Crippen LogP contribution in [0.4, 0.5) is 0 Å². The van der Waals surface area contributed by atoms with E-state index in [1.807, 2.05) is 0 Å². The van der Waals surface area contributed by atoms with Gasteiger partial charge in [-0.3, -0.25) is 9.79 Å². The molecule has 6 heteroatoms.